The molecule has 2 aliphatic heterocycles. The van der Waals surface area contributed by atoms with Gasteiger partial charge in [0.1, 0.15) is 0 Å². The molecule has 3 aliphatic rings. The minimum Gasteiger partial charge on any atom is -0.342 e. The van der Waals surface area contributed by atoms with Crippen molar-refractivity contribution in [2.75, 3.05) is 26.2 Å². The Hall–Kier alpha value is -2.04. The van der Waals surface area contributed by atoms with Gasteiger partial charge < -0.3 is 15.1 Å². The number of rotatable bonds is 3. The van der Waals surface area contributed by atoms with E-state index in [0.717, 1.165) is 51.9 Å². The SMILES string of the molecule is CC(C)(C)c1ccc(C2(C(=O)N3CCC(N4CCNC4=O)CC3)CC2)cc1. The molecule has 1 aromatic rings. The predicted molar refractivity (Wildman–Crippen MR) is 106 cm³/mol. The summed E-state index contributed by atoms with van der Waals surface area (Å²) in [5.41, 5.74) is 2.30. The van der Waals surface area contributed by atoms with Crippen LogP contribution in [0.15, 0.2) is 24.3 Å². The minimum atomic E-state index is -0.297. The number of nitrogens with one attached hydrogen (secondary N) is 1. The molecular weight excluding hydrogens is 338 g/mol. The summed E-state index contributed by atoms with van der Waals surface area (Å²) in [5.74, 6) is 0.287. The van der Waals surface area contributed by atoms with Gasteiger partial charge in [0, 0.05) is 32.2 Å². The molecule has 0 spiro atoms. The van der Waals surface area contributed by atoms with Gasteiger partial charge in [-0.2, -0.15) is 0 Å². The van der Waals surface area contributed by atoms with Crippen LogP contribution >= 0.6 is 0 Å². The number of nitrogens with zero attached hydrogens (tertiary/aromatic N) is 2. The number of benzene rings is 1. The molecule has 4 rings (SSSR count). The van der Waals surface area contributed by atoms with E-state index in [9.17, 15) is 9.59 Å². The van der Waals surface area contributed by atoms with E-state index in [1.807, 2.05) is 9.80 Å². The Balaban J connectivity index is 1.42. The summed E-state index contributed by atoms with van der Waals surface area (Å²) in [7, 11) is 0. The summed E-state index contributed by atoms with van der Waals surface area (Å²) in [5, 5.41) is 2.88. The fourth-order valence-electron chi connectivity index (χ4n) is 4.56. The van der Waals surface area contributed by atoms with Gasteiger partial charge in [0.05, 0.1) is 5.41 Å². The second kappa shape index (κ2) is 6.54. The molecule has 0 aromatic heterocycles. The molecule has 146 valence electrons. The molecule has 0 unspecified atom stereocenters. The molecule has 2 saturated heterocycles. The van der Waals surface area contributed by atoms with Crippen LogP contribution in [0.4, 0.5) is 4.79 Å². The fraction of sp³-hybridized carbons (Fsp3) is 0.636. The Bertz CT molecular complexity index is 723. The average molecular weight is 370 g/mol. The van der Waals surface area contributed by atoms with Crippen LogP contribution in [0.25, 0.3) is 0 Å². The predicted octanol–water partition coefficient (Wildman–Crippen LogP) is 3.03. The molecule has 5 nitrogen and oxygen atoms in total. The van der Waals surface area contributed by atoms with Gasteiger partial charge in [-0.05, 0) is 42.2 Å². The second-order valence-corrected chi connectivity index (χ2v) is 9.36. The molecule has 5 heteroatoms. The Morgan fingerprint density at radius 3 is 2.19 bits per heavy atom. The second-order valence-electron chi connectivity index (χ2n) is 9.36. The lowest BCUT2D eigenvalue weighted by molar-refractivity contribution is -0.135. The molecule has 0 atom stereocenters. The molecule has 0 bridgehead atoms. The van der Waals surface area contributed by atoms with Gasteiger partial charge in [-0.15, -0.1) is 0 Å². The smallest absolute Gasteiger partial charge is 0.317 e. The van der Waals surface area contributed by atoms with Crippen molar-refractivity contribution in [2.24, 2.45) is 0 Å². The molecular formula is C22H31N3O2. The van der Waals surface area contributed by atoms with E-state index in [0.29, 0.717) is 0 Å². The third kappa shape index (κ3) is 3.32. The van der Waals surface area contributed by atoms with E-state index < -0.39 is 0 Å². The van der Waals surface area contributed by atoms with E-state index in [1.165, 1.54) is 11.1 Å². The molecule has 1 N–H and O–H groups in total. The highest BCUT2D eigenvalue weighted by Gasteiger charge is 2.53. The molecule has 1 aliphatic carbocycles. The van der Waals surface area contributed by atoms with Gasteiger partial charge in [-0.25, -0.2) is 4.79 Å². The monoisotopic (exact) mass is 369 g/mol. The van der Waals surface area contributed by atoms with Gasteiger partial charge in [0.2, 0.25) is 5.91 Å². The molecule has 0 radical (unpaired) electrons. The zero-order valence-corrected chi connectivity index (χ0v) is 16.8. The zero-order chi connectivity index (χ0) is 19.2. The average Bonchev–Trinajstić information content (AvgIpc) is 3.36. The summed E-state index contributed by atoms with van der Waals surface area (Å²) >= 11 is 0. The van der Waals surface area contributed by atoms with Gasteiger partial charge in [0.15, 0.2) is 0 Å². The van der Waals surface area contributed by atoms with Crippen LogP contribution in [0.1, 0.15) is 57.6 Å². The van der Waals surface area contributed by atoms with E-state index in [2.05, 4.69) is 50.4 Å². The number of carbonyl (C=O) groups excluding carboxylic acids is 2. The number of urea groups is 1. The van der Waals surface area contributed by atoms with Crippen LogP contribution in [0.3, 0.4) is 0 Å². The van der Waals surface area contributed by atoms with Crippen molar-refractivity contribution in [3.05, 3.63) is 35.4 Å². The summed E-state index contributed by atoms with van der Waals surface area (Å²) in [6.07, 6.45) is 3.68. The molecule has 27 heavy (non-hydrogen) atoms. The number of piperidine rings is 1. The lowest BCUT2D eigenvalue weighted by Crippen LogP contribution is -2.50. The van der Waals surface area contributed by atoms with E-state index >= 15 is 0 Å². The zero-order valence-electron chi connectivity index (χ0n) is 16.8. The summed E-state index contributed by atoms with van der Waals surface area (Å²) < 4.78 is 0. The largest absolute Gasteiger partial charge is 0.342 e. The van der Waals surface area contributed by atoms with Crippen molar-refractivity contribution in [1.82, 2.24) is 15.1 Å². The van der Waals surface area contributed by atoms with Crippen LogP contribution in [-0.2, 0) is 15.6 Å². The molecule has 1 saturated carbocycles. The van der Waals surface area contributed by atoms with Gasteiger partial charge in [-0.3, -0.25) is 4.79 Å². The summed E-state index contributed by atoms with van der Waals surface area (Å²) in [6.45, 7) is 9.69. The topological polar surface area (TPSA) is 52.7 Å². The van der Waals surface area contributed by atoms with Crippen molar-refractivity contribution in [3.8, 4) is 0 Å². The van der Waals surface area contributed by atoms with Crippen molar-refractivity contribution < 1.29 is 9.59 Å². The Morgan fingerprint density at radius 2 is 1.70 bits per heavy atom. The highest BCUT2D eigenvalue weighted by molar-refractivity contribution is 5.91. The van der Waals surface area contributed by atoms with E-state index in [4.69, 9.17) is 0 Å². The molecule has 3 amide bonds. The van der Waals surface area contributed by atoms with Gasteiger partial charge >= 0.3 is 6.03 Å². The first-order chi connectivity index (χ1) is 12.8. The van der Waals surface area contributed by atoms with Gasteiger partial charge in [-0.1, -0.05) is 45.0 Å². The number of carbonyl (C=O) groups is 2. The standard InChI is InChI=1S/C22H31N3O2/c1-21(2,3)16-4-6-17(7-5-16)22(10-11-22)19(26)24-13-8-18(9-14-24)25-15-12-23-20(25)27/h4-7,18H,8-15H2,1-3H3,(H,23,27). The molecule has 3 fully saturated rings. The number of amides is 3. The number of hydrogen-bond acceptors (Lipinski definition) is 2. The van der Waals surface area contributed by atoms with Crippen molar-refractivity contribution in [2.45, 2.75) is 63.3 Å². The summed E-state index contributed by atoms with van der Waals surface area (Å²) in [6, 6.07) is 9.01. The van der Waals surface area contributed by atoms with Gasteiger partial charge in [0.25, 0.3) is 0 Å². The molecule has 2 heterocycles. The summed E-state index contributed by atoms with van der Waals surface area (Å²) in [4.78, 5) is 29.1. The van der Waals surface area contributed by atoms with E-state index in [-0.39, 0.29) is 28.8 Å². The van der Waals surface area contributed by atoms with Crippen LogP contribution in [0.5, 0.6) is 0 Å². The maximum Gasteiger partial charge on any atom is 0.317 e. The van der Waals surface area contributed by atoms with Crippen molar-refractivity contribution in [1.29, 1.82) is 0 Å². The lowest BCUT2D eigenvalue weighted by Gasteiger charge is -2.37. The first kappa shape index (κ1) is 18.3. The maximum atomic E-state index is 13.3. The third-order valence-corrected chi connectivity index (χ3v) is 6.55. The Morgan fingerprint density at radius 1 is 1.07 bits per heavy atom. The normalized spacial score (nSPS) is 22.7. The highest BCUT2D eigenvalue weighted by atomic mass is 16.2. The van der Waals surface area contributed by atoms with Crippen LogP contribution in [0.2, 0.25) is 0 Å². The first-order valence-electron chi connectivity index (χ1n) is 10.3. The number of hydrogen-bond donors (Lipinski definition) is 1. The van der Waals surface area contributed by atoms with Crippen LogP contribution < -0.4 is 5.32 Å². The Kier molecular flexibility index (Phi) is 4.44. The minimum absolute atomic E-state index is 0.0531. The lowest BCUT2D eigenvalue weighted by atomic mass is 9.84. The maximum absolute atomic E-state index is 13.3. The van der Waals surface area contributed by atoms with E-state index in [1.54, 1.807) is 0 Å². The van der Waals surface area contributed by atoms with Crippen molar-refractivity contribution in [3.63, 3.8) is 0 Å². The van der Waals surface area contributed by atoms with Crippen LogP contribution in [-0.4, -0.2) is 54.0 Å². The van der Waals surface area contributed by atoms with Crippen molar-refractivity contribution >= 4 is 11.9 Å². The highest BCUT2D eigenvalue weighted by Crippen LogP contribution is 2.50. The molecule has 1 aromatic carbocycles. The third-order valence-electron chi connectivity index (χ3n) is 6.55. The number of likely N-dealkylation sites (tertiary alicyclic amines) is 1. The fourth-order valence-corrected chi connectivity index (χ4v) is 4.56. The first-order valence-corrected chi connectivity index (χ1v) is 10.3. The quantitative estimate of drug-likeness (QED) is 0.890. The van der Waals surface area contributed by atoms with Crippen LogP contribution in [0, 0.1) is 0 Å². The Labute approximate surface area is 162 Å².